The molecule has 0 unspecified atom stereocenters. The van der Waals surface area contributed by atoms with Crippen LogP contribution >= 0.6 is 0 Å². The van der Waals surface area contributed by atoms with Gasteiger partial charge in [-0.1, -0.05) is 63.8 Å². The molecule has 2 rings (SSSR count). The summed E-state index contributed by atoms with van der Waals surface area (Å²) in [4.78, 5) is 0. The summed E-state index contributed by atoms with van der Waals surface area (Å²) >= 11 is 0. The fourth-order valence-corrected chi connectivity index (χ4v) is 2.50. The Morgan fingerprint density at radius 1 is 0.640 bits per heavy atom. The van der Waals surface area contributed by atoms with Crippen molar-refractivity contribution in [3.8, 4) is 23.0 Å². The Labute approximate surface area is 151 Å². The largest absolute Gasteiger partial charge is 0.490 e. The van der Waals surface area contributed by atoms with E-state index in [4.69, 9.17) is 14.2 Å². The Balaban J connectivity index is 2.12. The number of ether oxygens (including phenoxy) is 3. The Morgan fingerprint density at radius 2 is 1.20 bits per heavy atom. The van der Waals surface area contributed by atoms with Crippen molar-refractivity contribution in [1.29, 1.82) is 0 Å². The zero-order valence-electron chi connectivity index (χ0n) is 15.5. The second kappa shape index (κ2) is 11.4. The molecule has 136 valence electrons. The van der Waals surface area contributed by atoms with Gasteiger partial charge in [0.05, 0.1) is 13.2 Å². The van der Waals surface area contributed by atoms with Gasteiger partial charge in [-0.05, 0) is 37.1 Å². The molecule has 0 aliphatic heterocycles. The van der Waals surface area contributed by atoms with Crippen molar-refractivity contribution in [2.45, 2.75) is 52.4 Å². The predicted octanol–water partition coefficient (Wildman–Crippen LogP) is 6.62. The molecule has 3 heteroatoms. The van der Waals surface area contributed by atoms with E-state index in [-0.39, 0.29) is 0 Å². The van der Waals surface area contributed by atoms with E-state index in [2.05, 4.69) is 13.8 Å². The van der Waals surface area contributed by atoms with Gasteiger partial charge in [-0.3, -0.25) is 0 Å². The highest BCUT2D eigenvalue weighted by Crippen LogP contribution is 2.40. The summed E-state index contributed by atoms with van der Waals surface area (Å²) in [7, 11) is 0. The van der Waals surface area contributed by atoms with Crippen LogP contribution in [0, 0.1) is 0 Å². The Hall–Kier alpha value is -2.16. The molecule has 0 aromatic heterocycles. The predicted molar refractivity (Wildman–Crippen MR) is 103 cm³/mol. The van der Waals surface area contributed by atoms with E-state index in [0.29, 0.717) is 19.0 Å². The first kappa shape index (κ1) is 19.2. The van der Waals surface area contributed by atoms with Crippen LogP contribution in [0.25, 0.3) is 0 Å². The molecule has 0 atom stereocenters. The van der Waals surface area contributed by atoms with Gasteiger partial charge < -0.3 is 14.2 Å². The topological polar surface area (TPSA) is 27.7 Å². The van der Waals surface area contributed by atoms with Gasteiger partial charge in [0.25, 0.3) is 0 Å². The maximum atomic E-state index is 6.10. The average Bonchev–Trinajstić information content (AvgIpc) is 2.65. The molecule has 0 N–H and O–H groups in total. The lowest BCUT2D eigenvalue weighted by atomic mass is 10.2. The highest BCUT2D eigenvalue weighted by Gasteiger charge is 2.14. The number of para-hydroxylation sites is 2. The fraction of sp³-hybridized carbons (Fsp3) is 0.455. The maximum absolute atomic E-state index is 6.10. The molecule has 0 fully saturated rings. The third-order valence-electron chi connectivity index (χ3n) is 3.92. The van der Waals surface area contributed by atoms with E-state index >= 15 is 0 Å². The van der Waals surface area contributed by atoms with Crippen LogP contribution in [-0.2, 0) is 0 Å². The van der Waals surface area contributed by atoms with Crippen molar-refractivity contribution in [3.05, 3.63) is 48.5 Å². The van der Waals surface area contributed by atoms with Crippen LogP contribution in [-0.4, -0.2) is 13.2 Å². The lowest BCUT2D eigenvalue weighted by molar-refractivity contribution is 0.269. The first-order valence-electron chi connectivity index (χ1n) is 9.46. The smallest absolute Gasteiger partial charge is 0.211 e. The van der Waals surface area contributed by atoms with E-state index in [0.717, 1.165) is 30.1 Å². The second-order valence-corrected chi connectivity index (χ2v) is 6.11. The van der Waals surface area contributed by atoms with Crippen molar-refractivity contribution >= 4 is 0 Å². The van der Waals surface area contributed by atoms with Crippen molar-refractivity contribution in [2.24, 2.45) is 0 Å². The molecule has 0 aliphatic rings. The van der Waals surface area contributed by atoms with Crippen LogP contribution in [0.3, 0.4) is 0 Å². The standard InChI is InChI=1S/C22H30O3/c1-3-5-10-17-23-20-15-12-16-21(24-18-11-6-4-2)22(20)25-19-13-8-7-9-14-19/h7-9,12-16H,3-6,10-11,17-18H2,1-2H3. The minimum absolute atomic E-state index is 0.668. The van der Waals surface area contributed by atoms with E-state index in [1.807, 2.05) is 48.5 Å². The first-order valence-corrected chi connectivity index (χ1v) is 9.46. The summed E-state index contributed by atoms with van der Waals surface area (Å²) in [6.45, 7) is 5.76. The summed E-state index contributed by atoms with van der Waals surface area (Å²) < 4.78 is 18.1. The minimum Gasteiger partial charge on any atom is -0.490 e. The van der Waals surface area contributed by atoms with Gasteiger partial charge in [-0.25, -0.2) is 0 Å². The normalized spacial score (nSPS) is 10.5. The van der Waals surface area contributed by atoms with Crippen LogP contribution in [0.15, 0.2) is 48.5 Å². The van der Waals surface area contributed by atoms with Gasteiger partial charge in [-0.15, -0.1) is 0 Å². The van der Waals surface area contributed by atoms with Gasteiger partial charge in [-0.2, -0.15) is 0 Å². The molecule has 25 heavy (non-hydrogen) atoms. The lowest BCUT2D eigenvalue weighted by Gasteiger charge is -2.16. The molecule has 2 aromatic carbocycles. The minimum atomic E-state index is 0.668. The molecule has 0 saturated carbocycles. The summed E-state index contributed by atoms with van der Waals surface area (Å²) in [5.74, 6) is 2.94. The molecule has 0 amide bonds. The molecule has 0 radical (unpaired) electrons. The van der Waals surface area contributed by atoms with Gasteiger partial charge in [0.15, 0.2) is 11.5 Å². The van der Waals surface area contributed by atoms with Crippen molar-refractivity contribution in [3.63, 3.8) is 0 Å². The molecule has 3 nitrogen and oxygen atoms in total. The molecule has 0 aliphatic carbocycles. The van der Waals surface area contributed by atoms with Crippen LogP contribution in [0.2, 0.25) is 0 Å². The van der Waals surface area contributed by atoms with Crippen molar-refractivity contribution < 1.29 is 14.2 Å². The summed E-state index contributed by atoms with van der Waals surface area (Å²) in [6.07, 6.45) is 6.78. The monoisotopic (exact) mass is 342 g/mol. The average molecular weight is 342 g/mol. The van der Waals surface area contributed by atoms with E-state index in [1.165, 1.54) is 25.7 Å². The van der Waals surface area contributed by atoms with Crippen LogP contribution in [0.5, 0.6) is 23.0 Å². The van der Waals surface area contributed by atoms with Crippen LogP contribution in [0.1, 0.15) is 52.4 Å². The SMILES string of the molecule is CCCCCOc1cccc(OCCCCC)c1Oc1ccccc1. The third-order valence-corrected chi connectivity index (χ3v) is 3.92. The van der Waals surface area contributed by atoms with Crippen LogP contribution in [0.4, 0.5) is 0 Å². The second-order valence-electron chi connectivity index (χ2n) is 6.11. The third kappa shape index (κ3) is 6.69. The van der Waals surface area contributed by atoms with Gasteiger partial charge in [0, 0.05) is 0 Å². The Kier molecular flexibility index (Phi) is 8.74. The highest BCUT2D eigenvalue weighted by atomic mass is 16.5. The number of hydrogen-bond acceptors (Lipinski definition) is 3. The summed E-state index contributed by atoms with van der Waals surface area (Å²) in [5, 5.41) is 0. The van der Waals surface area contributed by atoms with E-state index in [9.17, 15) is 0 Å². The number of unbranched alkanes of at least 4 members (excludes halogenated alkanes) is 4. The van der Waals surface area contributed by atoms with E-state index in [1.54, 1.807) is 0 Å². The molecule has 0 bridgehead atoms. The molecule has 2 aromatic rings. The number of rotatable bonds is 12. The summed E-state index contributed by atoms with van der Waals surface area (Å²) in [5.41, 5.74) is 0. The van der Waals surface area contributed by atoms with Crippen LogP contribution < -0.4 is 14.2 Å². The zero-order valence-corrected chi connectivity index (χ0v) is 15.5. The highest BCUT2D eigenvalue weighted by molar-refractivity contribution is 5.53. The zero-order chi connectivity index (χ0) is 17.7. The Morgan fingerprint density at radius 3 is 1.72 bits per heavy atom. The number of benzene rings is 2. The van der Waals surface area contributed by atoms with Crippen molar-refractivity contribution in [2.75, 3.05) is 13.2 Å². The molecule has 0 saturated heterocycles. The maximum Gasteiger partial charge on any atom is 0.211 e. The van der Waals surface area contributed by atoms with Gasteiger partial charge in [0.1, 0.15) is 5.75 Å². The lowest BCUT2D eigenvalue weighted by Crippen LogP contribution is -2.03. The van der Waals surface area contributed by atoms with Gasteiger partial charge >= 0.3 is 0 Å². The molecular formula is C22H30O3. The van der Waals surface area contributed by atoms with E-state index < -0.39 is 0 Å². The van der Waals surface area contributed by atoms with Crippen molar-refractivity contribution in [1.82, 2.24) is 0 Å². The quantitative estimate of drug-likeness (QED) is 0.406. The van der Waals surface area contributed by atoms with Gasteiger partial charge in [0.2, 0.25) is 5.75 Å². The Bertz CT molecular complexity index is 565. The first-order chi connectivity index (χ1) is 12.3. The fourth-order valence-electron chi connectivity index (χ4n) is 2.50. The molecule has 0 heterocycles. The molecule has 0 spiro atoms. The number of hydrogen-bond donors (Lipinski definition) is 0. The molecular weight excluding hydrogens is 312 g/mol. The summed E-state index contributed by atoms with van der Waals surface area (Å²) in [6, 6.07) is 15.6.